The van der Waals surface area contributed by atoms with Crippen LogP contribution in [-0.2, 0) is 10.8 Å². The van der Waals surface area contributed by atoms with Crippen LogP contribution in [0.25, 0.3) is 0 Å². The fourth-order valence-electron chi connectivity index (χ4n) is 4.55. The van der Waals surface area contributed by atoms with Crippen LogP contribution in [-0.4, -0.2) is 10.2 Å². The summed E-state index contributed by atoms with van der Waals surface area (Å²) in [7, 11) is 0. The van der Waals surface area contributed by atoms with Crippen LogP contribution < -0.4 is 0 Å². The largest absolute Gasteiger partial charge is 0.508 e. The molecule has 128 valence electrons. The number of hydrogen-bond donors (Lipinski definition) is 2. The molecule has 2 nitrogen and oxygen atoms in total. The monoisotopic (exact) mass is 324 g/mol. The predicted octanol–water partition coefficient (Wildman–Crippen LogP) is 5.34. The average Bonchev–Trinajstić information content (AvgIpc) is 2.61. The molecule has 2 aromatic rings. The quantitative estimate of drug-likeness (QED) is 0.743. The Morgan fingerprint density at radius 2 is 1.29 bits per heavy atom. The Morgan fingerprint density at radius 1 is 0.750 bits per heavy atom. The Labute approximate surface area is 145 Å². The first-order valence-corrected chi connectivity index (χ1v) is 8.59. The molecule has 0 fully saturated rings. The molecule has 0 aliphatic heterocycles. The number of phenolic OH excluding ortho intramolecular Hbond substituents is 2. The Bertz CT molecular complexity index is 807. The number of hydrogen-bond acceptors (Lipinski definition) is 2. The highest BCUT2D eigenvalue weighted by atomic mass is 16.3. The van der Waals surface area contributed by atoms with E-state index in [1.165, 1.54) is 16.7 Å². The molecule has 0 saturated heterocycles. The molecule has 0 amide bonds. The number of aryl methyl sites for hydroxylation is 2. The normalized spacial score (nSPS) is 24.0. The second-order valence-electron chi connectivity index (χ2n) is 8.56. The SMILES string of the molecule is Cc1cc(C2(C)c3cc(O)ccc3C(C)(C)C2(C)C)cc(C)c1O. The van der Waals surface area contributed by atoms with Crippen molar-refractivity contribution in [1.82, 2.24) is 0 Å². The molecule has 2 aromatic carbocycles. The number of aromatic hydroxyl groups is 2. The lowest BCUT2D eigenvalue weighted by molar-refractivity contribution is 0.139. The van der Waals surface area contributed by atoms with Crippen LogP contribution in [0.2, 0.25) is 0 Å². The van der Waals surface area contributed by atoms with Gasteiger partial charge in [-0.15, -0.1) is 0 Å². The van der Waals surface area contributed by atoms with Gasteiger partial charge in [-0.2, -0.15) is 0 Å². The van der Waals surface area contributed by atoms with Gasteiger partial charge in [-0.3, -0.25) is 0 Å². The van der Waals surface area contributed by atoms with Crippen LogP contribution >= 0.6 is 0 Å². The van der Waals surface area contributed by atoms with Crippen LogP contribution in [0.3, 0.4) is 0 Å². The summed E-state index contributed by atoms with van der Waals surface area (Å²) in [5, 5.41) is 20.3. The van der Waals surface area contributed by atoms with Gasteiger partial charge in [0.05, 0.1) is 0 Å². The van der Waals surface area contributed by atoms with Gasteiger partial charge in [-0.25, -0.2) is 0 Å². The molecule has 0 bridgehead atoms. The molecule has 3 rings (SSSR count). The van der Waals surface area contributed by atoms with Gasteiger partial charge in [0.25, 0.3) is 0 Å². The second-order valence-corrected chi connectivity index (χ2v) is 8.56. The number of fused-ring (bicyclic) bond motifs is 1. The van der Waals surface area contributed by atoms with Gasteiger partial charge < -0.3 is 10.2 Å². The number of benzene rings is 2. The minimum absolute atomic E-state index is 0.0372. The standard InChI is InChI=1S/C22H28O2/c1-13-10-15(11-14(2)19(13)24)22(7)18-12-16(23)8-9-17(18)20(3,4)21(22,5)6/h8-12,23-24H,1-7H3. The first kappa shape index (κ1) is 16.9. The molecule has 0 saturated carbocycles. The van der Waals surface area contributed by atoms with E-state index in [0.717, 1.165) is 11.1 Å². The predicted molar refractivity (Wildman–Crippen MR) is 98.9 cm³/mol. The van der Waals surface area contributed by atoms with Crippen LogP contribution in [0.5, 0.6) is 11.5 Å². The molecule has 2 heteroatoms. The Balaban J connectivity index is 2.40. The zero-order valence-electron chi connectivity index (χ0n) is 15.8. The van der Waals surface area contributed by atoms with E-state index in [9.17, 15) is 10.2 Å². The van der Waals surface area contributed by atoms with Crippen molar-refractivity contribution in [3.63, 3.8) is 0 Å². The van der Waals surface area contributed by atoms with Crippen molar-refractivity contribution in [3.8, 4) is 11.5 Å². The minimum Gasteiger partial charge on any atom is -0.508 e. The van der Waals surface area contributed by atoms with Gasteiger partial charge in [-0.1, -0.05) is 52.8 Å². The third kappa shape index (κ3) is 1.83. The maximum absolute atomic E-state index is 10.2. The van der Waals surface area contributed by atoms with Crippen molar-refractivity contribution >= 4 is 0 Å². The van der Waals surface area contributed by atoms with Crippen LogP contribution in [0, 0.1) is 19.3 Å². The average molecular weight is 324 g/mol. The summed E-state index contributed by atoms with van der Waals surface area (Å²) in [6.07, 6.45) is 0. The zero-order valence-corrected chi connectivity index (χ0v) is 15.8. The van der Waals surface area contributed by atoms with E-state index in [1.54, 1.807) is 6.07 Å². The summed E-state index contributed by atoms with van der Waals surface area (Å²) >= 11 is 0. The third-order valence-corrected chi connectivity index (χ3v) is 7.10. The van der Waals surface area contributed by atoms with E-state index in [1.807, 2.05) is 19.9 Å². The smallest absolute Gasteiger partial charge is 0.121 e. The highest BCUT2D eigenvalue weighted by Crippen LogP contribution is 2.64. The number of rotatable bonds is 1. The minimum atomic E-state index is -0.256. The summed E-state index contributed by atoms with van der Waals surface area (Å²) in [5.74, 6) is 0.675. The van der Waals surface area contributed by atoms with Crippen LogP contribution in [0.1, 0.15) is 62.4 Å². The molecule has 0 spiro atoms. The third-order valence-electron chi connectivity index (χ3n) is 7.10. The molecule has 1 aliphatic carbocycles. The van der Waals surface area contributed by atoms with E-state index in [2.05, 4.69) is 52.8 Å². The highest BCUT2D eigenvalue weighted by molar-refractivity contribution is 5.59. The first-order chi connectivity index (χ1) is 10.9. The van der Waals surface area contributed by atoms with E-state index < -0.39 is 0 Å². The number of phenols is 2. The molecule has 0 aromatic heterocycles. The summed E-state index contributed by atoms with van der Waals surface area (Å²) < 4.78 is 0. The van der Waals surface area contributed by atoms with Crippen LogP contribution in [0.15, 0.2) is 30.3 Å². The van der Waals surface area contributed by atoms with Crippen molar-refractivity contribution in [2.24, 2.45) is 5.41 Å². The Kier molecular flexibility index (Phi) is 3.36. The lowest BCUT2D eigenvalue weighted by Crippen LogP contribution is -2.45. The molecule has 0 radical (unpaired) electrons. The van der Waals surface area contributed by atoms with Gasteiger partial charge >= 0.3 is 0 Å². The summed E-state index contributed by atoms with van der Waals surface area (Å²) in [5.41, 5.74) is 5.10. The molecule has 24 heavy (non-hydrogen) atoms. The van der Waals surface area contributed by atoms with Crippen molar-refractivity contribution in [2.45, 2.75) is 59.3 Å². The van der Waals surface area contributed by atoms with Gasteiger partial charge in [0, 0.05) is 5.41 Å². The van der Waals surface area contributed by atoms with Crippen molar-refractivity contribution in [2.75, 3.05) is 0 Å². The fourth-order valence-corrected chi connectivity index (χ4v) is 4.55. The van der Waals surface area contributed by atoms with Gasteiger partial charge in [-0.05, 0) is 64.6 Å². The van der Waals surface area contributed by atoms with Crippen molar-refractivity contribution in [3.05, 3.63) is 58.1 Å². The molecule has 0 heterocycles. The summed E-state index contributed by atoms with van der Waals surface area (Å²) in [6, 6.07) is 9.97. The molecule has 1 unspecified atom stereocenters. The summed E-state index contributed by atoms with van der Waals surface area (Å²) in [4.78, 5) is 0. The lowest BCUT2D eigenvalue weighted by Gasteiger charge is -2.47. The van der Waals surface area contributed by atoms with Crippen LogP contribution in [0.4, 0.5) is 0 Å². The van der Waals surface area contributed by atoms with E-state index in [-0.39, 0.29) is 16.2 Å². The molecular weight excluding hydrogens is 296 g/mol. The first-order valence-electron chi connectivity index (χ1n) is 8.59. The fraction of sp³-hybridized carbons (Fsp3) is 0.455. The van der Waals surface area contributed by atoms with Gasteiger partial charge in [0.2, 0.25) is 0 Å². The maximum Gasteiger partial charge on any atom is 0.121 e. The van der Waals surface area contributed by atoms with Gasteiger partial charge in [0.15, 0.2) is 0 Å². The van der Waals surface area contributed by atoms with Gasteiger partial charge in [0.1, 0.15) is 11.5 Å². The second kappa shape index (κ2) is 4.78. The summed E-state index contributed by atoms with van der Waals surface area (Å²) in [6.45, 7) is 15.4. The topological polar surface area (TPSA) is 40.5 Å². The van der Waals surface area contributed by atoms with E-state index >= 15 is 0 Å². The molecule has 1 aliphatic rings. The molecule has 1 atom stereocenters. The zero-order chi connectivity index (χ0) is 18.1. The van der Waals surface area contributed by atoms with Crippen molar-refractivity contribution in [1.29, 1.82) is 0 Å². The van der Waals surface area contributed by atoms with Crippen molar-refractivity contribution < 1.29 is 10.2 Å². The Hall–Kier alpha value is -1.96. The van der Waals surface area contributed by atoms with E-state index in [4.69, 9.17) is 0 Å². The Morgan fingerprint density at radius 3 is 1.83 bits per heavy atom. The lowest BCUT2D eigenvalue weighted by atomic mass is 9.56. The molecule has 2 N–H and O–H groups in total. The maximum atomic E-state index is 10.2. The highest BCUT2D eigenvalue weighted by Gasteiger charge is 2.59. The molecular formula is C22H28O2. The van der Waals surface area contributed by atoms with E-state index in [0.29, 0.717) is 11.5 Å².